The number of hydrogen-bond acceptors (Lipinski definition) is 8. The van der Waals surface area contributed by atoms with Crippen LogP contribution in [-0.2, 0) is 16.0 Å². The van der Waals surface area contributed by atoms with E-state index in [1.54, 1.807) is 36.7 Å². The van der Waals surface area contributed by atoms with Gasteiger partial charge in [0.25, 0.3) is 11.8 Å². The molecule has 10 nitrogen and oxygen atoms in total. The number of hydrogen-bond donors (Lipinski definition) is 3. The van der Waals surface area contributed by atoms with Gasteiger partial charge in [-0.15, -0.1) is 0 Å². The summed E-state index contributed by atoms with van der Waals surface area (Å²) in [5.41, 5.74) is 7.10. The highest BCUT2D eigenvalue weighted by molar-refractivity contribution is 6.99. The van der Waals surface area contributed by atoms with Gasteiger partial charge in [0.05, 0.1) is 23.7 Å². The van der Waals surface area contributed by atoms with E-state index in [1.165, 1.54) is 6.26 Å². The van der Waals surface area contributed by atoms with Crippen molar-refractivity contribution >= 4 is 40.4 Å². The van der Waals surface area contributed by atoms with E-state index >= 15 is 0 Å². The molecule has 146 valence electrons. The van der Waals surface area contributed by atoms with Crippen LogP contribution in [0.3, 0.4) is 0 Å². The largest absolute Gasteiger partial charge is 0.448 e. The number of carbonyl (C=O) groups is 3. The van der Waals surface area contributed by atoms with Crippen molar-refractivity contribution in [2.45, 2.75) is 12.5 Å². The van der Waals surface area contributed by atoms with Gasteiger partial charge in [-0.2, -0.15) is 8.75 Å². The molecule has 0 aliphatic rings. The molecule has 4 aromatic rings. The molecule has 0 saturated heterocycles. The third kappa shape index (κ3) is 3.62. The van der Waals surface area contributed by atoms with E-state index in [4.69, 9.17) is 10.2 Å². The van der Waals surface area contributed by atoms with Gasteiger partial charge < -0.3 is 20.5 Å². The Morgan fingerprint density at radius 2 is 2.10 bits per heavy atom. The van der Waals surface area contributed by atoms with Gasteiger partial charge in [0.15, 0.2) is 5.69 Å². The van der Waals surface area contributed by atoms with E-state index in [0.717, 1.165) is 17.1 Å². The van der Waals surface area contributed by atoms with Crippen LogP contribution in [0.2, 0.25) is 0 Å². The molecule has 4 rings (SSSR count). The molecule has 2 amide bonds. The highest BCUT2D eigenvalue weighted by atomic mass is 32.1. The summed E-state index contributed by atoms with van der Waals surface area (Å²) < 4.78 is 13.5. The van der Waals surface area contributed by atoms with Gasteiger partial charge in [0, 0.05) is 29.8 Å². The lowest BCUT2D eigenvalue weighted by Gasteiger charge is -2.15. The normalized spacial score (nSPS) is 12.0. The quantitative estimate of drug-likeness (QED) is 0.385. The maximum absolute atomic E-state index is 12.8. The molecule has 0 aliphatic carbocycles. The van der Waals surface area contributed by atoms with Gasteiger partial charge in [0.1, 0.15) is 11.7 Å². The van der Waals surface area contributed by atoms with E-state index < -0.39 is 23.6 Å². The standard InChI is InChI=1S/C18H14N6O4S/c19-16(26)15(25)12(7-9-8-28-18-10(9)4-6-21-18)22-17(27)14-13(23-29-24-14)11-3-1-2-5-20-11/h1-6,8,12,21H,7H2,(H2,19,26)(H,22,27). The van der Waals surface area contributed by atoms with E-state index in [1.807, 2.05) is 0 Å². The average molecular weight is 410 g/mol. The van der Waals surface area contributed by atoms with Crippen LogP contribution in [0.1, 0.15) is 16.1 Å². The maximum Gasteiger partial charge on any atom is 0.287 e. The molecule has 0 fully saturated rings. The topological polar surface area (TPSA) is 157 Å². The maximum atomic E-state index is 12.8. The summed E-state index contributed by atoms with van der Waals surface area (Å²) in [6.07, 6.45) is 4.73. The Labute approximate surface area is 167 Å². The van der Waals surface area contributed by atoms with Crippen LogP contribution >= 0.6 is 11.7 Å². The highest BCUT2D eigenvalue weighted by Gasteiger charge is 2.29. The third-order valence-corrected chi connectivity index (χ3v) is 4.80. The molecule has 0 spiro atoms. The number of nitrogens with zero attached hydrogens (tertiary/aromatic N) is 3. The van der Waals surface area contributed by atoms with Crippen LogP contribution < -0.4 is 11.1 Å². The van der Waals surface area contributed by atoms with Crippen molar-refractivity contribution in [2.24, 2.45) is 5.73 Å². The Morgan fingerprint density at radius 1 is 1.24 bits per heavy atom. The number of fused-ring (bicyclic) bond motifs is 1. The van der Waals surface area contributed by atoms with Crippen molar-refractivity contribution < 1.29 is 18.8 Å². The number of rotatable bonds is 7. The summed E-state index contributed by atoms with van der Waals surface area (Å²) in [4.78, 5) is 43.7. The molecule has 1 unspecified atom stereocenters. The van der Waals surface area contributed by atoms with Crippen LogP contribution in [0.15, 0.2) is 47.3 Å². The number of H-pyrrole nitrogens is 1. The first-order chi connectivity index (χ1) is 14.0. The molecule has 0 saturated carbocycles. The van der Waals surface area contributed by atoms with Gasteiger partial charge in [0.2, 0.25) is 11.5 Å². The van der Waals surface area contributed by atoms with E-state index in [0.29, 0.717) is 17.0 Å². The number of carbonyl (C=O) groups excluding carboxylic acids is 3. The summed E-state index contributed by atoms with van der Waals surface area (Å²) in [5, 5.41) is 3.28. The Hall–Kier alpha value is -3.86. The summed E-state index contributed by atoms with van der Waals surface area (Å²) in [7, 11) is 0. The Morgan fingerprint density at radius 3 is 2.86 bits per heavy atom. The summed E-state index contributed by atoms with van der Waals surface area (Å²) >= 11 is 0.843. The fraction of sp³-hybridized carbons (Fsp3) is 0.111. The second kappa shape index (κ2) is 7.64. The number of nitrogens with one attached hydrogen (secondary N) is 2. The number of ketones is 1. The molecule has 0 aliphatic heterocycles. The van der Waals surface area contributed by atoms with Gasteiger partial charge in [-0.3, -0.25) is 19.4 Å². The zero-order chi connectivity index (χ0) is 20.4. The molecular weight excluding hydrogens is 396 g/mol. The van der Waals surface area contributed by atoms with Gasteiger partial charge in [-0.25, -0.2) is 0 Å². The van der Waals surface area contributed by atoms with Crippen LogP contribution in [0.4, 0.5) is 0 Å². The summed E-state index contributed by atoms with van der Waals surface area (Å²) in [6, 6.07) is 5.76. The van der Waals surface area contributed by atoms with Gasteiger partial charge >= 0.3 is 0 Å². The molecule has 29 heavy (non-hydrogen) atoms. The molecule has 0 aromatic carbocycles. The third-order valence-electron chi connectivity index (χ3n) is 4.27. The number of primary amides is 1. The van der Waals surface area contributed by atoms with Crippen molar-refractivity contribution in [3.05, 3.63) is 54.2 Å². The minimum atomic E-state index is -1.19. The predicted molar refractivity (Wildman–Crippen MR) is 103 cm³/mol. The molecule has 4 heterocycles. The van der Waals surface area contributed by atoms with Crippen LogP contribution in [0, 0.1) is 0 Å². The van der Waals surface area contributed by atoms with Crippen LogP contribution in [0.25, 0.3) is 22.5 Å². The molecule has 4 aromatic heterocycles. The fourth-order valence-corrected chi connectivity index (χ4v) is 3.45. The van der Waals surface area contributed by atoms with E-state index in [2.05, 4.69) is 24.0 Å². The molecular formula is C18H14N6O4S. The lowest BCUT2D eigenvalue weighted by atomic mass is 10.0. The second-order valence-electron chi connectivity index (χ2n) is 6.12. The second-order valence-corrected chi connectivity index (χ2v) is 6.64. The summed E-state index contributed by atoms with van der Waals surface area (Å²) in [5.74, 6) is -2.73. The number of aromatic amines is 1. The minimum Gasteiger partial charge on any atom is -0.448 e. The monoisotopic (exact) mass is 410 g/mol. The number of aromatic nitrogens is 4. The lowest BCUT2D eigenvalue weighted by molar-refractivity contribution is -0.137. The Balaban J connectivity index is 1.61. The first-order valence-corrected chi connectivity index (χ1v) is 9.19. The first-order valence-electron chi connectivity index (χ1n) is 8.46. The van der Waals surface area contributed by atoms with Crippen molar-refractivity contribution in [3.8, 4) is 11.4 Å². The Kier molecular flexibility index (Phi) is 4.87. The molecule has 11 heteroatoms. The zero-order valence-corrected chi connectivity index (χ0v) is 15.6. The van der Waals surface area contributed by atoms with Crippen molar-refractivity contribution in [1.29, 1.82) is 0 Å². The number of amides is 2. The van der Waals surface area contributed by atoms with Gasteiger partial charge in [-0.1, -0.05) is 6.07 Å². The van der Waals surface area contributed by atoms with E-state index in [-0.39, 0.29) is 17.8 Å². The lowest BCUT2D eigenvalue weighted by Crippen LogP contribution is -2.47. The molecule has 4 N–H and O–H groups in total. The number of pyridine rings is 1. The average Bonchev–Trinajstić information content (AvgIpc) is 3.45. The smallest absolute Gasteiger partial charge is 0.287 e. The molecule has 1 atom stereocenters. The van der Waals surface area contributed by atoms with Crippen LogP contribution in [0.5, 0.6) is 0 Å². The Bertz CT molecular complexity index is 1200. The molecule has 0 bridgehead atoms. The van der Waals surface area contributed by atoms with Gasteiger partial charge in [-0.05, 0) is 18.2 Å². The SMILES string of the molecule is NC(=O)C(=O)C(Cc1coc2[nH]ccc12)NC(=O)c1nsnc1-c1ccccn1. The van der Waals surface area contributed by atoms with E-state index in [9.17, 15) is 14.4 Å². The highest BCUT2D eigenvalue weighted by Crippen LogP contribution is 2.22. The van der Waals surface area contributed by atoms with Crippen molar-refractivity contribution in [1.82, 2.24) is 24.0 Å². The fourth-order valence-electron chi connectivity index (χ4n) is 2.89. The molecule has 0 radical (unpaired) electrons. The number of Topliss-reactive ketones (excluding diaryl/α,β-unsaturated/α-hetero) is 1. The van der Waals surface area contributed by atoms with Crippen molar-refractivity contribution in [2.75, 3.05) is 0 Å². The minimum absolute atomic E-state index is 0.00922. The van der Waals surface area contributed by atoms with Crippen molar-refractivity contribution in [3.63, 3.8) is 0 Å². The summed E-state index contributed by atoms with van der Waals surface area (Å²) in [6.45, 7) is 0. The zero-order valence-electron chi connectivity index (χ0n) is 14.8. The number of furan rings is 1. The number of nitrogens with two attached hydrogens (primary N) is 1. The van der Waals surface area contributed by atoms with Crippen LogP contribution in [-0.4, -0.2) is 42.4 Å². The first kappa shape index (κ1) is 18.5. The predicted octanol–water partition coefficient (Wildman–Crippen LogP) is 1.07.